The normalized spacial score (nSPS) is 18.0. The van der Waals surface area contributed by atoms with E-state index in [1.54, 1.807) is 0 Å². The topological polar surface area (TPSA) is 102 Å². The Hall–Kier alpha value is -3.93. The molecule has 1 aromatic heterocycles. The highest BCUT2D eigenvalue weighted by molar-refractivity contribution is 8.00. The van der Waals surface area contributed by atoms with Crippen LogP contribution in [-0.4, -0.2) is 64.6 Å². The Morgan fingerprint density at radius 3 is 2.22 bits per heavy atom. The van der Waals surface area contributed by atoms with Crippen LogP contribution in [0.15, 0.2) is 89.4 Å². The van der Waals surface area contributed by atoms with Crippen LogP contribution in [0.1, 0.15) is 29.0 Å². The van der Waals surface area contributed by atoms with Crippen molar-refractivity contribution < 1.29 is 33.5 Å². The van der Waals surface area contributed by atoms with Crippen molar-refractivity contribution in [3.05, 3.63) is 105 Å². The lowest BCUT2D eigenvalue weighted by molar-refractivity contribution is -0.208. The number of benzene rings is 2. The highest BCUT2D eigenvalue weighted by Crippen LogP contribution is 2.43. The van der Waals surface area contributed by atoms with Crippen LogP contribution in [0.25, 0.3) is 0 Å². The van der Waals surface area contributed by atoms with Crippen molar-refractivity contribution in [2.45, 2.75) is 30.9 Å². The molecule has 1 fully saturated rings. The molecule has 0 bridgehead atoms. The first-order chi connectivity index (χ1) is 19.9. The van der Waals surface area contributed by atoms with Crippen molar-refractivity contribution in [2.24, 2.45) is 0 Å². The summed E-state index contributed by atoms with van der Waals surface area (Å²) in [7, 11) is 1.34. The van der Waals surface area contributed by atoms with Crippen molar-refractivity contribution in [2.75, 3.05) is 19.5 Å². The molecule has 0 spiro atoms. The number of thioether (sulfide) groups is 1. The van der Waals surface area contributed by atoms with Gasteiger partial charge in [-0.25, -0.2) is 9.86 Å². The molecule has 0 radical (unpaired) electrons. The average Bonchev–Trinajstić information content (AvgIpc) is 3.50. The first kappa shape index (κ1) is 28.6. The molecule has 212 valence electrons. The Bertz CT molecular complexity index is 1400. The largest absolute Gasteiger partial charge is 0.461 e. The van der Waals surface area contributed by atoms with E-state index in [4.69, 9.17) is 14.3 Å². The molecule has 2 amide bonds. The SMILES string of the molecule is CON(C(=O)Cc1cccs1)C1C(=O)N2C(C(=O)OC(c3ccccc3)c3ccccc3)=C(COC(C)=O)CS[C@@H]12. The lowest BCUT2D eigenvalue weighted by Crippen LogP contribution is -2.71. The summed E-state index contributed by atoms with van der Waals surface area (Å²) in [6.45, 7) is 1.11. The Morgan fingerprint density at radius 2 is 1.66 bits per heavy atom. The molecule has 1 saturated heterocycles. The highest BCUT2D eigenvalue weighted by atomic mass is 32.2. The van der Waals surface area contributed by atoms with Crippen LogP contribution in [0.4, 0.5) is 0 Å². The van der Waals surface area contributed by atoms with Gasteiger partial charge in [-0.15, -0.1) is 23.1 Å². The van der Waals surface area contributed by atoms with E-state index in [1.807, 2.05) is 78.2 Å². The highest BCUT2D eigenvalue weighted by Gasteiger charge is 2.58. The number of hydroxylamine groups is 2. The predicted molar refractivity (Wildman–Crippen MR) is 153 cm³/mol. The smallest absolute Gasteiger partial charge is 0.356 e. The van der Waals surface area contributed by atoms with Gasteiger partial charge in [0.15, 0.2) is 12.1 Å². The van der Waals surface area contributed by atoms with E-state index in [2.05, 4.69) is 0 Å². The van der Waals surface area contributed by atoms with Gasteiger partial charge in [-0.05, 0) is 22.6 Å². The monoisotopic (exact) mass is 592 g/mol. The van der Waals surface area contributed by atoms with Crippen LogP contribution in [0.5, 0.6) is 0 Å². The number of nitrogens with zero attached hydrogens (tertiary/aromatic N) is 2. The van der Waals surface area contributed by atoms with E-state index in [-0.39, 0.29) is 24.6 Å². The molecule has 11 heteroatoms. The zero-order valence-electron chi connectivity index (χ0n) is 22.4. The van der Waals surface area contributed by atoms with Crippen molar-refractivity contribution in [1.29, 1.82) is 0 Å². The van der Waals surface area contributed by atoms with Gasteiger partial charge in [0.2, 0.25) is 0 Å². The lowest BCUT2D eigenvalue weighted by atomic mass is 10.0. The zero-order chi connectivity index (χ0) is 28.9. The Labute approximate surface area is 245 Å². The minimum atomic E-state index is -0.922. The standard InChI is InChI=1S/C30H28N2O7S2/c1-19(33)38-17-22-18-41-29-26(32(37-2)24(34)16-23-14-9-15-40-23)28(35)31(29)25(22)30(36)39-27(20-10-5-3-6-11-20)21-12-7-4-8-13-21/h3-15,26-27,29H,16-18H2,1-2H3/t26?,29-/m0/s1. The molecule has 2 atom stereocenters. The van der Waals surface area contributed by atoms with Gasteiger partial charge in [0, 0.05) is 23.1 Å². The van der Waals surface area contributed by atoms with Gasteiger partial charge in [-0.2, -0.15) is 0 Å². The number of carbonyl (C=O) groups is 4. The Balaban J connectivity index is 1.44. The molecule has 0 N–H and O–H groups in total. The van der Waals surface area contributed by atoms with E-state index in [1.165, 1.54) is 42.0 Å². The van der Waals surface area contributed by atoms with Crippen molar-refractivity contribution >= 4 is 46.9 Å². The third-order valence-electron chi connectivity index (χ3n) is 6.69. The number of β-lactam (4-membered cyclic amide) rings is 1. The Kier molecular flexibility index (Phi) is 8.87. The van der Waals surface area contributed by atoms with Gasteiger partial charge < -0.3 is 9.47 Å². The molecule has 0 aliphatic carbocycles. The summed E-state index contributed by atoms with van der Waals surface area (Å²) in [4.78, 5) is 59.8. The summed E-state index contributed by atoms with van der Waals surface area (Å²) in [5, 5.41) is 2.39. The minimum Gasteiger partial charge on any atom is -0.461 e. The molecule has 1 unspecified atom stereocenters. The predicted octanol–water partition coefficient (Wildman–Crippen LogP) is 4.11. The van der Waals surface area contributed by atoms with E-state index >= 15 is 0 Å². The summed E-state index contributed by atoms with van der Waals surface area (Å²) in [6, 6.07) is 21.4. The molecule has 0 saturated carbocycles. The molecule has 41 heavy (non-hydrogen) atoms. The van der Waals surface area contributed by atoms with Crippen LogP contribution in [0.2, 0.25) is 0 Å². The van der Waals surface area contributed by atoms with Crippen LogP contribution in [0, 0.1) is 0 Å². The quantitative estimate of drug-likeness (QED) is 0.197. The Morgan fingerprint density at radius 1 is 1.00 bits per heavy atom. The molecule has 3 heterocycles. The molecule has 2 aromatic carbocycles. The third kappa shape index (κ3) is 6.07. The average molecular weight is 593 g/mol. The van der Waals surface area contributed by atoms with Crippen LogP contribution >= 0.6 is 23.1 Å². The fraction of sp³-hybridized carbons (Fsp3) is 0.267. The number of rotatable bonds is 10. The van der Waals surface area contributed by atoms with Crippen molar-refractivity contribution in [3.8, 4) is 0 Å². The maximum absolute atomic E-state index is 13.9. The molecular weight excluding hydrogens is 564 g/mol. The van der Waals surface area contributed by atoms with Gasteiger partial charge in [0.1, 0.15) is 17.7 Å². The van der Waals surface area contributed by atoms with Crippen LogP contribution in [-0.2, 0) is 39.9 Å². The first-order valence-corrected chi connectivity index (χ1v) is 14.8. The molecule has 5 rings (SSSR count). The van der Waals surface area contributed by atoms with Gasteiger partial charge in [-0.1, -0.05) is 66.7 Å². The molecule has 9 nitrogen and oxygen atoms in total. The molecule has 3 aromatic rings. The number of hydrogen-bond acceptors (Lipinski definition) is 9. The summed E-state index contributed by atoms with van der Waals surface area (Å²) >= 11 is 2.80. The summed E-state index contributed by atoms with van der Waals surface area (Å²) in [5.74, 6) is -1.79. The number of hydrogen-bond donors (Lipinski definition) is 0. The van der Waals surface area contributed by atoms with Crippen molar-refractivity contribution in [1.82, 2.24) is 9.96 Å². The maximum atomic E-state index is 13.9. The van der Waals surface area contributed by atoms with Crippen molar-refractivity contribution in [3.63, 3.8) is 0 Å². The second-order valence-corrected chi connectivity index (χ2v) is 11.5. The van der Waals surface area contributed by atoms with E-state index in [9.17, 15) is 19.2 Å². The zero-order valence-corrected chi connectivity index (χ0v) is 24.1. The summed E-state index contributed by atoms with van der Waals surface area (Å²) in [6.07, 6.45) is -0.652. The van der Waals surface area contributed by atoms with E-state index in [0.717, 1.165) is 21.1 Å². The number of carbonyl (C=O) groups excluding carboxylic acids is 4. The van der Waals surface area contributed by atoms with Crippen LogP contribution in [0.3, 0.4) is 0 Å². The third-order valence-corrected chi connectivity index (χ3v) is 8.89. The lowest BCUT2D eigenvalue weighted by Gasteiger charge is -2.52. The minimum absolute atomic E-state index is 0.0230. The van der Waals surface area contributed by atoms with Crippen LogP contribution < -0.4 is 0 Å². The van der Waals surface area contributed by atoms with Gasteiger partial charge in [-0.3, -0.25) is 24.1 Å². The molecule has 2 aliphatic rings. The fourth-order valence-electron chi connectivity index (χ4n) is 4.79. The number of thiophene rings is 1. The van der Waals surface area contributed by atoms with Gasteiger partial charge in [0.25, 0.3) is 11.8 Å². The maximum Gasteiger partial charge on any atom is 0.356 e. The fourth-order valence-corrected chi connectivity index (χ4v) is 6.85. The summed E-state index contributed by atoms with van der Waals surface area (Å²) in [5.41, 5.74) is 1.99. The molecule has 2 aliphatic heterocycles. The number of fused-ring (bicyclic) bond motifs is 1. The second-order valence-electron chi connectivity index (χ2n) is 9.35. The van der Waals surface area contributed by atoms with E-state index < -0.39 is 35.4 Å². The second kappa shape index (κ2) is 12.7. The number of amides is 2. The van der Waals surface area contributed by atoms with Gasteiger partial charge in [0.05, 0.1) is 13.5 Å². The first-order valence-electron chi connectivity index (χ1n) is 12.9. The molecular formula is C30H28N2O7S2. The van der Waals surface area contributed by atoms with E-state index in [0.29, 0.717) is 11.3 Å². The summed E-state index contributed by atoms with van der Waals surface area (Å²) < 4.78 is 11.3. The number of esters is 2. The van der Waals surface area contributed by atoms with Gasteiger partial charge >= 0.3 is 11.9 Å². The number of ether oxygens (including phenoxy) is 2.